The first-order valence-corrected chi connectivity index (χ1v) is 12.9. The molecule has 7 heteroatoms. The molecule has 194 valence electrons. The summed E-state index contributed by atoms with van der Waals surface area (Å²) < 4.78 is 30.5. The molecule has 0 bridgehead atoms. The Labute approximate surface area is 216 Å². The molecular weight excluding hydrogens is 473 g/mol. The summed E-state index contributed by atoms with van der Waals surface area (Å²) in [7, 11) is 3.17. The van der Waals surface area contributed by atoms with E-state index in [1.807, 2.05) is 25.1 Å². The van der Waals surface area contributed by atoms with Gasteiger partial charge in [0, 0.05) is 29.3 Å². The monoisotopic (exact) mass is 505 g/mol. The molecule has 1 heterocycles. The molecule has 6 nitrogen and oxygen atoms in total. The minimum absolute atomic E-state index is 0.0507. The van der Waals surface area contributed by atoms with Gasteiger partial charge in [-0.2, -0.15) is 0 Å². The van der Waals surface area contributed by atoms with Crippen molar-refractivity contribution in [3.8, 4) is 11.5 Å². The molecule has 0 aromatic heterocycles. The average molecular weight is 506 g/mol. The van der Waals surface area contributed by atoms with Crippen LogP contribution in [0.1, 0.15) is 68.4 Å². The molecule has 1 aliphatic heterocycles. The summed E-state index contributed by atoms with van der Waals surface area (Å²) in [6.07, 6.45) is 4.54. The highest BCUT2D eigenvalue weighted by molar-refractivity contribution is 6.09. The highest BCUT2D eigenvalue weighted by atomic mass is 19.1. The highest BCUT2D eigenvalue weighted by Crippen LogP contribution is 2.47. The lowest BCUT2D eigenvalue weighted by Crippen LogP contribution is -2.39. The second-order valence-corrected chi connectivity index (χ2v) is 10.1. The lowest BCUT2D eigenvalue weighted by atomic mass is 9.69. The van der Waals surface area contributed by atoms with E-state index in [0.717, 1.165) is 36.8 Å². The summed E-state index contributed by atoms with van der Waals surface area (Å²) in [4.78, 5) is 32.0. The molecule has 3 aliphatic rings. The van der Waals surface area contributed by atoms with Crippen molar-refractivity contribution in [1.82, 2.24) is 0 Å². The molecule has 0 N–H and O–H groups in total. The van der Waals surface area contributed by atoms with Crippen molar-refractivity contribution in [3.05, 3.63) is 70.7 Å². The van der Waals surface area contributed by atoms with Gasteiger partial charge in [-0.1, -0.05) is 18.2 Å². The number of hydrogen-bond donors (Lipinski definition) is 0. The van der Waals surface area contributed by atoms with Crippen LogP contribution in [0.5, 0.6) is 11.5 Å². The molecule has 0 amide bonds. The molecule has 0 saturated heterocycles. The van der Waals surface area contributed by atoms with Crippen molar-refractivity contribution >= 4 is 17.5 Å². The van der Waals surface area contributed by atoms with Crippen molar-refractivity contribution in [2.75, 3.05) is 14.2 Å². The summed E-state index contributed by atoms with van der Waals surface area (Å²) in [6.45, 7) is 1.82. The standard InChI is InChI=1S/C30H32FNO5/c1-17-27(30(34)37-22-6-4-5-7-22)28(18-8-11-21(31)12-9-18)29-23(32-17)14-20(15-24(29)33)19-10-13-25(35-2)26(16-19)36-3/h8-13,16,20,22,27-28H,4-7,14-15H2,1-3H3/t20-,27?,28-/m0/s1. The van der Waals surface area contributed by atoms with E-state index >= 15 is 0 Å². The number of allylic oxidation sites excluding steroid dienone is 2. The molecule has 5 rings (SSSR count). The number of Topliss-reactive ketones (excluding diaryl/α,β-unsaturated/α-hetero) is 1. The maximum Gasteiger partial charge on any atom is 0.315 e. The zero-order valence-corrected chi connectivity index (χ0v) is 21.5. The van der Waals surface area contributed by atoms with Gasteiger partial charge < -0.3 is 14.2 Å². The third kappa shape index (κ3) is 4.91. The topological polar surface area (TPSA) is 74.2 Å². The SMILES string of the molecule is COc1ccc([C@@H]2CC(=O)C3=C(C2)N=C(C)C(C(=O)OC2CCCC2)[C@@H]3c2ccc(F)cc2)cc1OC. The van der Waals surface area contributed by atoms with E-state index < -0.39 is 11.8 Å². The Hall–Kier alpha value is -3.48. The van der Waals surface area contributed by atoms with Gasteiger partial charge in [0.2, 0.25) is 0 Å². The van der Waals surface area contributed by atoms with Crippen LogP contribution in [-0.4, -0.2) is 37.8 Å². The van der Waals surface area contributed by atoms with Crippen LogP contribution in [0.15, 0.2) is 58.7 Å². The third-order valence-corrected chi connectivity index (χ3v) is 7.84. The number of esters is 1. The fraction of sp³-hybridized carbons (Fsp3) is 0.433. The normalized spacial score (nSPS) is 23.9. The molecular formula is C30H32FNO5. The van der Waals surface area contributed by atoms with Gasteiger partial charge in [-0.15, -0.1) is 0 Å². The first kappa shape index (κ1) is 25.2. The van der Waals surface area contributed by atoms with Crippen molar-refractivity contribution in [1.29, 1.82) is 0 Å². The van der Waals surface area contributed by atoms with Crippen LogP contribution < -0.4 is 9.47 Å². The van der Waals surface area contributed by atoms with E-state index in [2.05, 4.69) is 0 Å². The van der Waals surface area contributed by atoms with Crippen LogP contribution in [0.4, 0.5) is 4.39 Å². The van der Waals surface area contributed by atoms with Gasteiger partial charge >= 0.3 is 5.97 Å². The van der Waals surface area contributed by atoms with Gasteiger partial charge in [0.1, 0.15) is 17.8 Å². The summed E-state index contributed by atoms with van der Waals surface area (Å²) >= 11 is 0. The Bertz CT molecular complexity index is 1260. The van der Waals surface area contributed by atoms with Gasteiger partial charge in [-0.25, -0.2) is 4.39 Å². The van der Waals surface area contributed by atoms with Gasteiger partial charge in [0.15, 0.2) is 17.3 Å². The lowest BCUT2D eigenvalue weighted by Gasteiger charge is -2.37. The van der Waals surface area contributed by atoms with Gasteiger partial charge in [-0.05, 0) is 80.3 Å². The fourth-order valence-electron chi connectivity index (χ4n) is 5.98. The molecule has 2 aliphatic carbocycles. The van der Waals surface area contributed by atoms with Crippen molar-refractivity contribution in [2.45, 2.75) is 63.4 Å². The van der Waals surface area contributed by atoms with Gasteiger partial charge in [0.25, 0.3) is 0 Å². The van der Waals surface area contributed by atoms with Gasteiger partial charge in [0.05, 0.1) is 14.2 Å². The largest absolute Gasteiger partial charge is 0.493 e. The number of halogens is 1. The second-order valence-electron chi connectivity index (χ2n) is 10.1. The number of carbonyl (C=O) groups excluding carboxylic acids is 2. The van der Waals surface area contributed by atoms with E-state index in [4.69, 9.17) is 19.2 Å². The Kier molecular flexibility index (Phi) is 7.13. The van der Waals surface area contributed by atoms with E-state index in [1.54, 1.807) is 26.4 Å². The first-order valence-electron chi connectivity index (χ1n) is 12.9. The second kappa shape index (κ2) is 10.5. The molecule has 2 aromatic carbocycles. The predicted molar refractivity (Wildman–Crippen MR) is 138 cm³/mol. The maximum atomic E-state index is 13.8. The fourth-order valence-corrected chi connectivity index (χ4v) is 5.98. The number of carbonyl (C=O) groups is 2. The first-order chi connectivity index (χ1) is 17.9. The van der Waals surface area contributed by atoms with Crippen molar-refractivity contribution in [3.63, 3.8) is 0 Å². The molecule has 1 saturated carbocycles. The number of aliphatic imine (C=N–C) groups is 1. The molecule has 0 spiro atoms. The number of nitrogens with zero attached hydrogens (tertiary/aromatic N) is 1. The number of hydrogen-bond acceptors (Lipinski definition) is 6. The van der Waals surface area contributed by atoms with E-state index in [1.165, 1.54) is 12.1 Å². The third-order valence-electron chi connectivity index (χ3n) is 7.84. The summed E-state index contributed by atoms with van der Waals surface area (Å²) in [5.41, 5.74) is 3.54. The summed E-state index contributed by atoms with van der Waals surface area (Å²) in [6, 6.07) is 11.8. The van der Waals surface area contributed by atoms with Crippen LogP contribution in [0.25, 0.3) is 0 Å². The smallest absolute Gasteiger partial charge is 0.315 e. The molecule has 2 aromatic rings. The summed E-state index contributed by atoms with van der Waals surface area (Å²) in [5, 5.41) is 0. The van der Waals surface area contributed by atoms with Crippen LogP contribution in [0.3, 0.4) is 0 Å². The zero-order valence-electron chi connectivity index (χ0n) is 21.5. The number of ketones is 1. The number of benzene rings is 2. The van der Waals surface area contributed by atoms with Crippen molar-refractivity contribution < 1.29 is 28.2 Å². The predicted octanol–water partition coefficient (Wildman–Crippen LogP) is 5.90. The lowest BCUT2D eigenvalue weighted by molar-refractivity contribution is -0.151. The average Bonchev–Trinajstić information content (AvgIpc) is 3.40. The van der Waals surface area contributed by atoms with E-state index in [0.29, 0.717) is 34.9 Å². The van der Waals surface area contributed by atoms with Crippen LogP contribution in [0, 0.1) is 11.7 Å². The van der Waals surface area contributed by atoms with Crippen LogP contribution in [0.2, 0.25) is 0 Å². The Morgan fingerprint density at radius 3 is 2.30 bits per heavy atom. The minimum atomic E-state index is -0.716. The quantitative estimate of drug-likeness (QED) is 0.457. The molecule has 0 radical (unpaired) electrons. The number of ether oxygens (including phenoxy) is 3. The molecule has 1 unspecified atom stereocenters. The van der Waals surface area contributed by atoms with Crippen LogP contribution in [-0.2, 0) is 14.3 Å². The van der Waals surface area contributed by atoms with Crippen molar-refractivity contribution in [2.24, 2.45) is 10.9 Å². The molecule has 3 atom stereocenters. The van der Waals surface area contributed by atoms with E-state index in [9.17, 15) is 14.0 Å². The van der Waals surface area contributed by atoms with E-state index in [-0.39, 0.29) is 36.0 Å². The summed E-state index contributed by atoms with van der Waals surface area (Å²) in [5.74, 6) is -0.901. The Morgan fingerprint density at radius 2 is 1.62 bits per heavy atom. The van der Waals surface area contributed by atoms with Crippen LogP contribution >= 0.6 is 0 Å². The number of rotatable bonds is 6. The maximum absolute atomic E-state index is 13.8. The zero-order chi connectivity index (χ0) is 26.1. The highest BCUT2D eigenvalue weighted by Gasteiger charge is 2.45. The number of methoxy groups -OCH3 is 2. The Balaban J connectivity index is 1.52. The molecule has 1 fully saturated rings. The Morgan fingerprint density at radius 1 is 0.946 bits per heavy atom. The molecule has 37 heavy (non-hydrogen) atoms. The van der Waals surface area contributed by atoms with Gasteiger partial charge in [-0.3, -0.25) is 14.6 Å². The minimum Gasteiger partial charge on any atom is -0.493 e.